The van der Waals surface area contributed by atoms with Gasteiger partial charge < -0.3 is 9.84 Å². The second-order valence-corrected chi connectivity index (χ2v) is 5.99. The highest BCUT2D eigenvalue weighted by Crippen LogP contribution is 2.29. The summed E-state index contributed by atoms with van der Waals surface area (Å²) in [4.78, 5) is 4.50. The third-order valence-electron chi connectivity index (χ3n) is 3.26. The topological polar surface area (TPSA) is 51.0 Å². The van der Waals surface area contributed by atoms with Gasteiger partial charge in [0, 0.05) is 21.0 Å². The van der Waals surface area contributed by atoms with Crippen LogP contribution in [0, 0.1) is 0 Å². The Balaban J connectivity index is 1.87. The highest BCUT2D eigenvalue weighted by molar-refractivity contribution is 9.10. The van der Waals surface area contributed by atoms with Crippen LogP contribution < -0.4 is 5.32 Å². The van der Waals surface area contributed by atoms with Crippen LogP contribution in [0.15, 0.2) is 27.2 Å². The molecule has 4 nitrogen and oxygen atoms in total. The smallest absolute Gasteiger partial charge is 0.258 e. The number of hydrogen-bond donors (Lipinski definition) is 1. The lowest BCUT2D eigenvalue weighted by Gasteiger charge is -2.18. The van der Waals surface area contributed by atoms with Crippen LogP contribution in [0.3, 0.4) is 0 Å². The monoisotopic (exact) mass is 341 g/mol. The SMILES string of the molecule is Clc1cc(Br)cc(-c2nc(C3CCNCC3)no2)c1. The first-order chi connectivity index (χ1) is 9.22. The minimum Gasteiger partial charge on any atom is -0.334 e. The molecular formula is C13H13BrClN3O. The predicted molar refractivity (Wildman–Crippen MR) is 77.3 cm³/mol. The molecule has 0 radical (unpaired) electrons. The van der Waals surface area contributed by atoms with Crippen molar-refractivity contribution in [2.75, 3.05) is 13.1 Å². The molecule has 0 atom stereocenters. The second kappa shape index (κ2) is 5.61. The zero-order chi connectivity index (χ0) is 13.2. The highest BCUT2D eigenvalue weighted by atomic mass is 79.9. The first-order valence-electron chi connectivity index (χ1n) is 6.23. The normalized spacial score (nSPS) is 16.7. The van der Waals surface area contributed by atoms with Gasteiger partial charge >= 0.3 is 0 Å². The van der Waals surface area contributed by atoms with E-state index in [9.17, 15) is 0 Å². The fraction of sp³-hybridized carbons (Fsp3) is 0.385. The molecule has 0 amide bonds. The molecular weight excluding hydrogens is 330 g/mol. The summed E-state index contributed by atoms with van der Waals surface area (Å²) >= 11 is 9.44. The molecule has 0 spiro atoms. The Morgan fingerprint density at radius 2 is 2.05 bits per heavy atom. The number of halogens is 2. The molecule has 1 fully saturated rings. The molecule has 1 aromatic carbocycles. The summed E-state index contributed by atoms with van der Waals surface area (Å²) in [6, 6.07) is 5.58. The summed E-state index contributed by atoms with van der Waals surface area (Å²) in [5, 5.41) is 8.08. The van der Waals surface area contributed by atoms with Crippen molar-refractivity contribution in [3.05, 3.63) is 33.5 Å². The van der Waals surface area contributed by atoms with Gasteiger partial charge in [0.2, 0.25) is 0 Å². The van der Waals surface area contributed by atoms with Gasteiger partial charge in [-0.15, -0.1) is 0 Å². The van der Waals surface area contributed by atoms with Gasteiger partial charge in [-0.25, -0.2) is 0 Å². The molecule has 1 aliphatic rings. The van der Waals surface area contributed by atoms with Crippen molar-refractivity contribution in [1.29, 1.82) is 0 Å². The first kappa shape index (κ1) is 13.1. The van der Waals surface area contributed by atoms with E-state index < -0.39 is 0 Å². The third kappa shape index (κ3) is 2.99. The first-order valence-corrected chi connectivity index (χ1v) is 7.40. The molecule has 0 aliphatic carbocycles. The van der Waals surface area contributed by atoms with E-state index in [0.29, 0.717) is 16.8 Å². The van der Waals surface area contributed by atoms with E-state index in [1.807, 2.05) is 18.2 Å². The maximum absolute atomic E-state index is 6.03. The van der Waals surface area contributed by atoms with Crippen molar-refractivity contribution in [2.24, 2.45) is 0 Å². The quantitative estimate of drug-likeness (QED) is 0.905. The minimum atomic E-state index is 0.390. The van der Waals surface area contributed by atoms with E-state index in [0.717, 1.165) is 41.8 Å². The number of rotatable bonds is 2. The fourth-order valence-corrected chi connectivity index (χ4v) is 3.14. The van der Waals surface area contributed by atoms with E-state index in [-0.39, 0.29) is 0 Å². The third-order valence-corrected chi connectivity index (χ3v) is 3.93. The molecule has 100 valence electrons. The number of aromatic nitrogens is 2. The average Bonchev–Trinajstić information content (AvgIpc) is 2.88. The standard InChI is InChI=1S/C13H13BrClN3O/c14-10-5-9(6-11(15)7-10)13-17-12(18-19-13)8-1-3-16-4-2-8/h5-8,16H,1-4H2. The van der Waals surface area contributed by atoms with E-state index in [1.54, 1.807) is 0 Å². The van der Waals surface area contributed by atoms with Crippen LogP contribution in [0.5, 0.6) is 0 Å². The van der Waals surface area contributed by atoms with Gasteiger partial charge in [0.1, 0.15) is 0 Å². The van der Waals surface area contributed by atoms with Crippen LogP contribution in [-0.4, -0.2) is 23.2 Å². The van der Waals surface area contributed by atoms with Gasteiger partial charge in [-0.05, 0) is 44.1 Å². The number of benzene rings is 1. The van der Waals surface area contributed by atoms with Gasteiger partial charge in [0.15, 0.2) is 5.82 Å². The Bertz CT molecular complexity index is 561. The second-order valence-electron chi connectivity index (χ2n) is 4.64. The Labute approximate surface area is 124 Å². The van der Waals surface area contributed by atoms with Crippen molar-refractivity contribution in [2.45, 2.75) is 18.8 Å². The zero-order valence-corrected chi connectivity index (χ0v) is 12.5. The van der Waals surface area contributed by atoms with Crippen molar-refractivity contribution in [1.82, 2.24) is 15.5 Å². The summed E-state index contributed by atoms with van der Waals surface area (Å²) in [6.45, 7) is 2.02. The fourth-order valence-electron chi connectivity index (χ4n) is 2.28. The minimum absolute atomic E-state index is 0.390. The van der Waals surface area contributed by atoms with Crippen LogP contribution in [0.4, 0.5) is 0 Å². The van der Waals surface area contributed by atoms with Gasteiger partial charge in [-0.3, -0.25) is 0 Å². The molecule has 2 heterocycles. The molecule has 6 heteroatoms. The molecule has 1 aromatic heterocycles. The van der Waals surface area contributed by atoms with Crippen LogP contribution in [0.1, 0.15) is 24.6 Å². The molecule has 1 saturated heterocycles. The van der Waals surface area contributed by atoms with E-state index >= 15 is 0 Å². The van der Waals surface area contributed by atoms with Crippen LogP contribution in [0.2, 0.25) is 5.02 Å². The van der Waals surface area contributed by atoms with E-state index in [2.05, 4.69) is 31.4 Å². The van der Waals surface area contributed by atoms with Crippen molar-refractivity contribution in [3.63, 3.8) is 0 Å². The summed E-state index contributed by atoms with van der Waals surface area (Å²) in [7, 11) is 0. The zero-order valence-electron chi connectivity index (χ0n) is 10.2. The van der Waals surface area contributed by atoms with E-state index in [4.69, 9.17) is 16.1 Å². The van der Waals surface area contributed by atoms with Gasteiger partial charge in [0.05, 0.1) is 0 Å². The van der Waals surface area contributed by atoms with E-state index in [1.165, 1.54) is 0 Å². The number of piperidine rings is 1. The summed E-state index contributed by atoms with van der Waals surface area (Å²) in [5.41, 5.74) is 0.840. The molecule has 0 bridgehead atoms. The van der Waals surface area contributed by atoms with Gasteiger partial charge in [0.25, 0.3) is 5.89 Å². The highest BCUT2D eigenvalue weighted by Gasteiger charge is 2.21. The Morgan fingerprint density at radius 1 is 1.26 bits per heavy atom. The lowest BCUT2D eigenvalue weighted by Crippen LogP contribution is -2.27. The maximum atomic E-state index is 6.03. The molecule has 3 rings (SSSR count). The van der Waals surface area contributed by atoms with Crippen molar-refractivity contribution >= 4 is 27.5 Å². The average molecular weight is 343 g/mol. The molecule has 1 aliphatic heterocycles. The van der Waals surface area contributed by atoms with Crippen LogP contribution in [0.25, 0.3) is 11.5 Å². The molecule has 0 saturated carbocycles. The Morgan fingerprint density at radius 3 is 2.79 bits per heavy atom. The predicted octanol–water partition coefficient (Wildman–Crippen LogP) is 3.62. The lowest BCUT2D eigenvalue weighted by atomic mass is 9.98. The number of nitrogens with zero attached hydrogens (tertiary/aromatic N) is 2. The van der Waals surface area contributed by atoms with Crippen LogP contribution >= 0.6 is 27.5 Å². The van der Waals surface area contributed by atoms with Crippen molar-refractivity contribution in [3.8, 4) is 11.5 Å². The Hall–Kier alpha value is -0.910. The van der Waals surface area contributed by atoms with Gasteiger partial charge in [-0.2, -0.15) is 4.98 Å². The van der Waals surface area contributed by atoms with Crippen molar-refractivity contribution < 1.29 is 4.52 Å². The maximum Gasteiger partial charge on any atom is 0.258 e. The molecule has 19 heavy (non-hydrogen) atoms. The number of hydrogen-bond acceptors (Lipinski definition) is 4. The van der Waals surface area contributed by atoms with Gasteiger partial charge in [-0.1, -0.05) is 32.7 Å². The van der Waals surface area contributed by atoms with Crippen LogP contribution in [-0.2, 0) is 0 Å². The summed E-state index contributed by atoms with van der Waals surface area (Å²) in [5.74, 6) is 1.71. The summed E-state index contributed by atoms with van der Waals surface area (Å²) in [6.07, 6.45) is 2.11. The molecule has 0 unspecified atom stereocenters. The largest absolute Gasteiger partial charge is 0.334 e. The Kier molecular flexibility index (Phi) is 3.86. The summed E-state index contributed by atoms with van der Waals surface area (Å²) < 4.78 is 6.25. The molecule has 2 aromatic rings. The number of nitrogens with one attached hydrogen (secondary N) is 1. The lowest BCUT2D eigenvalue weighted by molar-refractivity contribution is 0.392. The molecule has 1 N–H and O–H groups in total.